The Labute approximate surface area is 199 Å². The van der Waals surface area contributed by atoms with E-state index in [1.807, 2.05) is 34.0 Å². The molecule has 1 saturated heterocycles. The van der Waals surface area contributed by atoms with Gasteiger partial charge >= 0.3 is 0 Å². The molecule has 0 bridgehead atoms. The monoisotopic (exact) mass is 483 g/mol. The minimum atomic E-state index is -0.0666. The van der Waals surface area contributed by atoms with Crippen LogP contribution in [0.2, 0.25) is 0 Å². The second-order valence-electron chi connectivity index (χ2n) is 8.03. The van der Waals surface area contributed by atoms with Crippen LogP contribution in [0.15, 0.2) is 51.7 Å². The molecule has 5 rings (SSSR count). The maximum absolute atomic E-state index is 13.1. The Morgan fingerprint density at radius 1 is 1.24 bits per heavy atom. The summed E-state index contributed by atoms with van der Waals surface area (Å²) in [6.07, 6.45) is 3.77. The van der Waals surface area contributed by atoms with Crippen molar-refractivity contribution in [3.8, 4) is 0 Å². The highest BCUT2D eigenvalue weighted by atomic mass is 32.2. The third kappa shape index (κ3) is 4.83. The molecule has 1 amide bonds. The number of aromatic nitrogens is 4. The minimum absolute atomic E-state index is 0.0124. The summed E-state index contributed by atoms with van der Waals surface area (Å²) >= 11 is 2.74. The van der Waals surface area contributed by atoms with E-state index in [1.54, 1.807) is 4.57 Å². The van der Waals surface area contributed by atoms with Crippen LogP contribution in [0.25, 0.3) is 16.0 Å². The van der Waals surface area contributed by atoms with Gasteiger partial charge in [0, 0.05) is 13.2 Å². The standard InChI is InChI=1S/C23H25N5O3S2/c29-19(24-11-4-8-16-6-2-1-3-7-16)15-33-23-26-25-22-27(14-17-9-5-12-31-17)21(30)20-18(28(22)23)10-13-32-20/h1-3,6-7,10,13,17H,4-5,8-9,11-12,14-15H2,(H,24,29)/t17-/m0/s1. The van der Waals surface area contributed by atoms with Crippen LogP contribution in [0.1, 0.15) is 24.8 Å². The molecule has 1 aliphatic rings. The average molecular weight is 484 g/mol. The maximum atomic E-state index is 13.1. The zero-order valence-corrected chi connectivity index (χ0v) is 19.7. The molecule has 1 N–H and O–H groups in total. The summed E-state index contributed by atoms with van der Waals surface area (Å²) in [6.45, 7) is 1.82. The molecule has 1 atom stereocenters. The molecule has 1 fully saturated rings. The predicted molar refractivity (Wildman–Crippen MR) is 130 cm³/mol. The van der Waals surface area contributed by atoms with Crippen LogP contribution in [0.3, 0.4) is 0 Å². The van der Waals surface area contributed by atoms with Crippen molar-refractivity contribution in [2.75, 3.05) is 18.9 Å². The first-order valence-electron chi connectivity index (χ1n) is 11.1. The van der Waals surface area contributed by atoms with E-state index in [1.165, 1.54) is 28.7 Å². The number of fused-ring (bicyclic) bond motifs is 3. The number of carbonyl (C=O) groups excluding carboxylic acids is 1. The van der Waals surface area contributed by atoms with E-state index in [9.17, 15) is 9.59 Å². The molecule has 10 heteroatoms. The Balaban J connectivity index is 1.27. The Hall–Kier alpha value is -2.69. The van der Waals surface area contributed by atoms with Gasteiger partial charge in [0.15, 0.2) is 5.16 Å². The van der Waals surface area contributed by atoms with Gasteiger partial charge in [-0.25, -0.2) is 0 Å². The number of thioether (sulfide) groups is 1. The molecule has 33 heavy (non-hydrogen) atoms. The van der Waals surface area contributed by atoms with Crippen molar-refractivity contribution in [3.05, 3.63) is 57.7 Å². The molecule has 1 aliphatic heterocycles. The van der Waals surface area contributed by atoms with Gasteiger partial charge in [-0.05, 0) is 42.7 Å². The number of aryl methyl sites for hydroxylation is 1. The van der Waals surface area contributed by atoms with Crippen molar-refractivity contribution in [3.63, 3.8) is 0 Å². The SMILES string of the molecule is O=C(CSc1nnc2n(C[C@@H]3CCCO3)c(=O)c3sccc3n12)NCCCc1ccccc1. The number of ether oxygens (including phenoxy) is 1. The van der Waals surface area contributed by atoms with Gasteiger partial charge in [-0.3, -0.25) is 18.6 Å². The highest BCUT2D eigenvalue weighted by Crippen LogP contribution is 2.25. The summed E-state index contributed by atoms with van der Waals surface area (Å²) in [5, 5.41) is 14.1. The summed E-state index contributed by atoms with van der Waals surface area (Å²) in [5.41, 5.74) is 1.98. The lowest BCUT2D eigenvalue weighted by molar-refractivity contribution is -0.118. The van der Waals surface area contributed by atoms with E-state index in [2.05, 4.69) is 27.6 Å². The number of rotatable bonds is 9. The van der Waals surface area contributed by atoms with Crippen LogP contribution >= 0.6 is 23.1 Å². The molecule has 0 aliphatic carbocycles. The molecule has 8 nitrogen and oxygen atoms in total. The third-order valence-electron chi connectivity index (χ3n) is 5.73. The van der Waals surface area contributed by atoms with E-state index in [4.69, 9.17) is 4.74 Å². The normalized spacial score (nSPS) is 16.1. The quantitative estimate of drug-likeness (QED) is 0.291. The Kier molecular flexibility index (Phi) is 6.75. The lowest BCUT2D eigenvalue weighted by Gasteiger charge is -2.13. The molecule has 0 saturated carbocycles. The Bertz CT molecular complexity index is 1310. The van der Waals surface area contributed by atoms with Crippen molar-refractivity contribution in [1.29, 1.82) is 0 Å². The van der Waals surface area contributed by atoms with Gasteiger partial charge in [-0.15, -0.1) is 21.5 Å². The van der Waals surface area contributed by atoms with Gasteiger partial charge in [-0.2, -0.15) is 0 Å². The fourth-order valence-electron chi connectivity index (χ4n) is 4.10. The van der Waals surface area contributed by atoms with Crippen molar-refractivity contribution in [2.45, 2.75) is 43.5 Å². The number of hydrogen-bond acceptors (Lipinski definition) is 7. The van der Waals surface area contributed by atoms with E-state index in [-0.39, 0.29) is 23.3 Å². The van der Waals surface area contributed by atoms with E-state index in [0.29, 0.717) is 28.7 Å². The number of hydrogen-bond donors (Lipinski definition) is 1. The van der Waals surface area contributed by atoms with E-state index >= 15 is 0 Å². The first-order chi connectivity index (χ1) is 16.2. The number of carbonyl (C=O) groups is 1. The second-order valence-corrected chi connectivity index (χ2v) is 9.89. The Morgan fingerprint density at radius 3 is 2.94 bits per heavy atom. The molecule has 0 radical (unpaired) electrons. The van der Waals surface area contributed by atoms with Crippen LogP contribution in [0, 0.1) is 0 Å². The summed E-state index contributed by atoms with van der Waals surface area (Å²) in [4.78, 5) is 25.5. The minimum Gasteiger partial charge on any atom is -0.376 e. The molecule has 3 aromatic heterocycles. The largest absolute Gasteiger partial charge is 0.376 e. The zero-order chi connectivity index (χ0) is 22.6. The molecule has 0 spiro atoms. The second kappa shape index (κ2) is 10.1. The van der Waals surface area contributed by atoms with Crippen LogP contribution < -0.4 is 10.9 Å². The lowest BCUT2D eigenvalue weighted by Crippen LogP contribution is -2.28. The fourth-order valence-corrected chi connectivity index (χ4v) is 5.69. The van der Waals surface area contributed by atoms with Crippen molar-refractivity contribution in [2.24, 2.45) is 0 Å². The first-order valence-corrected chi connectivity index (χ1v) is 13.0. The van der Waals surface area contributed by atoms with Gasteiger partial charge in [0.05, 0.1) is 23.9 Å². The van der Waals surface area contributed by atoms with Crippen molar-refractivity contribution in [1.82, 2.24) is 24.5 Å². The number of benzene rings is 1. The first kappa shape index (κ1) is 22.1. The summed E-state index contributed by atoms with van der Waals surface area (Å²) < 4.78 is 9.95. The molecule has 4 heterocycles. The fraction of sp³-hybridized carbons (Fsp3) is 0.391. The lowest BCUT2D eigenvalue weighted by atomic mass is 10.1. The number of nitrogens with one attached hydrogen (secondary N) is 1. The van der Waals surface area contributed by atoms with Gasteiger partial charge in [-0.1, -0.05) is 42.1 Å². The Morgan fingerprint density at radius 2 is 2.12 bits per heavy atom. The predicted octanol–water partition coefficient (Wildman–Crippen LogP) is 3.13. The van der Waals surface area contributed by atoms with E-state index in [0.717, 1.165) is 37.8 Å². The maximum Gasteiger partial charge on any atom is 0.272 e. The molecule has 4 aromatic rings. The van der Waals surface area contributed by atoms with Gasteiger partial charge in [0.2, 0.25) is 11.7 Å². The summed E-state index contributed by atoms with van der Waals surface area (Å²) in [6, 6.07) is 12.1. The summed E-state index contributed by atoms with van der Waals surface area (Å²) in [7, 11) is 0. The van der Waals surface area contributed by atoms with Crippen molar-refractivity contribution < 1.29 is 9.53 Å². The molecule has 1 aromatic carbocycles. The van der Waals surface area contributed by atoms with Gasteiger partial charge in [0.25, 0.3) is 5.56 Å². The highest BCUT2D eigenvalue weighted by molar-refractivity contribution is 7.99. The molecule has 0 unspecified atom stereocenters. The van der Waals surface area contributed by atoms with Crippen LogP contribution in [-0.4, -0.2) is 50.1 Å². The average Bonchev–Trinajstić information content (AvgIpc) is 3.59. The third-order valence-corrected chi connectivity index (χ3v) is 7.55. The zero-order valence-electron chi connectivity index (χ0n) is 18.1. The number of amides is 1. The topological polar surface area (TPSA) is 90.5 Å². The highest BCUT2D eigenvalue weighted by Gasteiger charge is 2.22. The van der Waals surface area contributed by atoms with E-state index < -0.39 is 0 Å². The van der Waals surface area contributed by atoms with Gasteiger partial charge < -0.3 is 10.1 Å². The van der Waals surface area contributed by atoms with Crippen LogP contribution in [0.5, 0.6) is 0 Å². The molecule has 172 valence electrons. The summed E-state index contributed by atoms with van der Waals surface area (Å²) in [5.74, 6) is 0.689. The smallest absolute Gasteiger partial charge is 0.272 e. The molecular formula is C23H25N5O3S2. The number of thiophene rings is 1. The van der Waals surface area contributed by atoms with Crippen molar-refractivity contribution >= 4 is 45.0 Å². The van der Waals surface area contributed by atoms with Crippen LogP contribution in [0.4, 0.5) is 0 Å². The molecular weight excluding hydrogens is 458 g/mol. The number of nitrogens with zero attached hydrogens (tertiary/aromatic N) is 4. The van der Waals surface area contributed by atoms with Crippen LogP contribution in [-0.2, 0) is 22.5 Å². The van der Waals surface area contributed by atoms with Gasteiger partial charge in [0.1, 0.15) is 4.70 Å².